The van der Waals surface area contributed by atoms with Crippen molar-refractivity contribution in [1.29, 1.82) is 0 Å². The van der Waals surface area contributed by atoms with Gasteiger partial charge >= 0.3 is 5.97 Å². The Morgan fingerprint density at radius 3 is 2.57 bits per heavy atom. The Morgan fingerprint density at radius 1 is 1.13 bits per heavy atom. The van der Waals surface area contributed by atoms with Crippen LogP contribution in [0.2, 0.25) is 0 Å². The number of anilines is 2. The zero-order valence-corrected chi connectivity index (χ0v) is 17.7. The fourth-order valence-corrected chi connectivity index (χ4v) is 3.45. The van der Waals surface area contributed by atoms with Crippen LogP contribution in [-0.4, -0.2) is 30.9 Å². The van der Waals surface area contributed by atoms with Crippen molar-refractivity contribution in [2.75, 3.05) is 23.4 Å². The first kappa shape index (κ1) is 21.6. The number of carbonyl (C=O) groups excluding carboxylic acids is 3. The van der Waals surface area contributed by atoms with Gasteiger partial charge in [0.15, 0.2) is 0 Å². The monoisotopic (exact) mass is 408 g/mol. The fraction of sp³-hybridized carbons (Fsp3) is 0.375. The van der Waals surface area contributed by atoms with Crippen molar-refractivity contribution in [3.63, 3.8) is 0 Å². The quantitative estimate of drug-likeness (QED) is 0.549. The molecule has 1 aliphatic rings. The molecule has 158 valence electrons. The lowest BCUT2D eigenvalue weighted by Crippen LogP contribution is -2.28. The molecule has 0 radical (unpaired) electrons. The first-order valence-electron chi connectivity index (χ1n) is 10.3. The van der Waals surface area contributed by atoms with Crippen molar-refractivity contribution in [2.45, 2.75) is 40.0 Å². The lowest BCUT2D eigenvalue weighted by molar-refractivity contribution is -0.122. The number of rotatable bonds is 7. The van der Waals surface area contributed by atoms with Crippen LogP contribution in [0.25, 0.3) is 0 Å². The summed E-state index contributed by atoms with van der Waals surface area (Å²) in [6.45, 7) is 6.74. The Balaban J connectivity index is 1.60. The Morgan fingerprint density at radius 2 is 1.87 bits per heavy atom. The van der Waals surface area contributed by atoms with E-state index >= 15 is 0 Å². The van der Waals surface area contributed by atoms with E-state index in [0.29, 0.717) is 24.4 Å². The summed E-state index contributed by atoms with van der Waals surface area (Å²) in [6, 6.07) is 12.6. The summed E-state index contributed by atoms with van der Waals surface area (Å²) in [4.78, 5) is 38.9. The second-order valence-corrected chi connectivity index (χ2v) is 7.75. The number of hydrogen-bond donors (Lipinski definition) is 1. The second-order valence-electron chi connectivity index (χ2n) is 7.75. The van der Waals surface area contributed by atoms with E-state index in [1.54, 1.807) is 29.2 Å². The number of aryl methyl sites for hydroxylation is 2. The van der Waals surface area contributed by atoms with Crippen molar-refractivity contribution in [3.05, 3.63) is 59.2 Å². The molecule has 1 aliphatic heterocycles. The van der Waals surface area contributed by atoms with Gasteiger partial charge in [-0.15, -0.1) is 0 Å². The van der Waals surface area contributed by atoms with Gasteiger partial charge in [0.2, 0.25) is 11.8 Å². The molecule has 2 aromatic carbocycles. The summed E-state index contributed by atoms with van der Waals surface area (Å²) < 4.78 is 5.19. The highest BCUT2D eigenvalue weighted by Crippen LogP contribution is 2.29. The molecule has 1 atom stereocenters. The van der Waals surface area contributed by atoms with E-state index < -0.39 is 5.92 Å². The molecule has 1 N–H and O–H groups in total. The van der Waals surface area contributed by atoms with Crippen LogP contribution in [-0.2, 0) is 14.3 Å². The molecule has 3 rings (SSSR count). The molecular weight excluding hydrogens is 380 g/mol. The molecule has 1 saturated heterocycles. The smallest absolute Gasteiger partial charge is 0.338 e. The van der Waals surface area contributed by atoms with Gasteiger partial charge in [-0.3, -0.25) is 9.59 Å². The topological polar surface area (TPSA) is 75.7 Å². The number of benzene rings is 2. The maximum Gasteiger partial charge on any atom is 0.338 e. The van der Waals surface area contributed by atoms with E-state index in [0.717, 1.165) is 29.7 Å². The van der Waals surface area contributed by atoms with Crippen molar-refractivity contribution >= 4 is 29.2 Å². The van der Waals surface area contributed by atoms with Gasteiger partial charge in [0.05, 0.1) is 18.1 Å². The molecule has 2 aromatic rings. The summed E-state index contributed by atoms with van der Waals surface area (Å²) in [5.74, 6) is -1.04. The Bertz CT molecular complexity index is 937. The lowest BCUT2D eigenvalue weighted by atomic mass is 10.1. The van der Waals surface area contributed by atoms with Gasteiger partial charge in [-0.05, 0) is 61.7 Å². The zero-order chi connectivity index (χ0) is 21.7. The molecule has 6 heteroatoms. The molecular formula is C24H28N2O4. The third kappa shape index (κ3) is 5.06. The van der Waals surface area contributed by atoms with Crippen LogP contribution in [0.5, 0.6) is 0 Å². The van der Waals surface area contributed by atoms with Gasteiger partial charge in [-0.2, -0.15) is 0 Å². The number of unbranched alkanes of at least 4 members (excludes halogenated alkanes) is 1. The minimum Gasteiger partial charge on any atom is -0.462 e. The molecule has 2 amide bonds. The van der Waals surface area contributed by atoms with Crippen LogP contribution in [0, 0.1) is 19.8 Å². The average molecular weight is 408 g/mol. The highest BCUT2D eigenvalue weighted by molar-refractivity contribution is 6.04. The van der Waals surface area contributed by atoms with Crippen molar-refractivity contribution in [2.24, 2.45) is 5.92 Å². The minimum absolute atomic E-state index is 0.0472. The normalized spacial score (nSPS) is 15.9. The first-order chi connectivity index (χ1) is 14.4. The Kier molecular flexibility index (Phi) is 6.87. The Hall–Kier alpha value is -3.15. The highest BCUT2D eigenvalue weighted by atomic mass is 16.5. The van der Waals surface area contributed by atoms with Gasteiger partial charge in [0.25, 0.3) is 0 Å². The third-order valence-corrected chi connectivity index (χ3v) is 5.27. The molecule has 1 heterocycles. The number of nitrogens with one attached hydrogen (secondary N) is 1. The van der Waals surface area contributed by atoms with Gasteiger partial charge in [0.1, 0.15) is 0 Å². The van der Waals surface area contributed by atoms with E-state index in [1.165, 1.54) is 0 Å². The number of esters is 1. The van der Waals surface area contributed by atoms with Crippen LogP contribution in [0.1, 0.15) is 47.7 Å². The number of carbonyl (C=O) groups is 3. The van der Waals surface area contributed by atoms with Crippen LogP contribution >= 0.6 is 0 Å². The molecule has 0 aliphatic carbocycles. The molecule has 0 saturated carbocycles. The minimum atomic E-state index is -0.420. The van der Waals surface area contributed by atoms with Crippen molar-refractivity contribution in [3.8, 4) is 0 Å². The van der Waals surface area contributed by atoms with Gasteiger partial charge < -0.3 is 15.0 Å². The molecule has 0 aromatic heterocycles. The SMILES string of the molecule is CCCCOC(=O)c1ccc(NC(=O)[C@H]2CC(=O)N(c3cc(C)ccc3C)C2)cc1. The van der Waals surface area contributed by atoms with Crippen LogP contribution in [0.15, 0.2) is 42.5 Å². The molecule has 0 spiro atoms. The van der Waals surface area contributed by atoms with Crippen molar-refractivity contribution in [1.82, 2.24) is 0 Å². The van der Waals surface area contributed by atoms with Crippen LogP contribution < -0.4 is 10.2 Å². The maximum atomic E-state index is 12.7. The fourth-order valence-electron chi connectivity index (χ4n) is 3.45. The van der Waals surface area contributed by atoms with E-state index in [-0.39, 0.29) is 24.2 Å². The Labute approximate surface area is 177 Å². The van der Waals surface area contributed by atoms with Gasteiger partial charge in [-0.25, -0.2) is 4.79 Å². The van der Waals surface area contributed by atoms with Crippen molar-refractivity contribution < 1.29 is 19.1 Å². The summed E-state index contributed by atoms with van der Waals surface area (Å²) in [5, 5.41) is 2.85. The molecule has 1 fully saturated rings. The summed E-state index contributed by atoms with van der Waals surface area (Å²) in [5.41, 5.74) is 3.98. The predicted molar refractivity (Wildman–Crippen MR) is 117 cm³/mol. The van der Waals surface area contributed by atoms with E-state index in [2.05, 4.69) is 5.32 Å². The molecule has 6 nitrogen and oxygen atoms in total. The number of ether oxygens (including phenoxy) is 1. The number of amides is 2. The standard InChI is InChI=1S/C24H28N2O4/c1-4-5-12-30-24(29)18-8-10-20(11-9-18)25-23(28)19-14-22(27)26(15-19)21-13-16(2)6-7-17(21)3/h6-11,13,19H,4-5,12,14-15H2,1-3H3,(H,25,28)/t19-/m0/s1. The van der Waals surface area contributed by atoms with Crippen LogP contribution in [0.3, 0.4) is 0 Å². The number of hydrogen-bond acceptors (Lipinski definition) is 4. The molecule has 0 unspecified atom stereocenters. The molecule has 0 bridgehead atoms. The number of nitrogens with zero attached hydrogens (tertiary/aromatic N) is 1. The van der Waals surface area contributed by atoms with Gasteiger partial charge in [-0.1, -0.05) is 25.5 Å². The largest absolute Gasteiger partial charge is 0.462 e. The predicted octanol–water partition coefficient (Wildman–Crippen LogP) is 4.25. The molecule has 30 heavy (non-hydrogen) atoms. The first-order valence-corrected chi connectivity index (χ1v) is 10.3. The lowest BCUT2D eigenvalue weighted by Gasteiger charge is -2.19. The second kappa shape index (κ2) is 9.57. The summed E-state index contributed by atoms with van der Waals surface area (Å²) in [6.07, 6.45) is 1.98. The van der Waals surface area contributed by atoms with E-state index in [1.807, 2.05) is 39.0 Å². The summed E-state index contributed by atoms with van der Waals surface area (Å²) >= 11 is 0. The van der Waals surface area contributed by atoms with E-state index in [9.17, 15) is 14.4 Å². The average Bonchev–Trinajstić information content (AvgIpc) is 3.12. The maximum absolute atomic E-state index is 12.7. The summed E-state index contributed by atoms with van der Waals surface area (Å²) in [7, 11) is 0. The van der Waals surface area contributed by atoms with E-state index in [4.69, 9.17) is 4.74 Å². The zero-order valence-electron chi connectivity index (χ0n) is 17.7. The van der Waals surface area contributed by atoms with Crippen LogP contribution in [0.4, 0.5) is 11.4 Å². The third-order valence-electron chi connectivity index (χ3n) is 5.27. The highest BCUT2D eigenvalue weighted by Gasteiger charge is 2.35. The van der Waals surface area contributed by atoms with Gasteiger partial charge in [0, 0.05) is 24.3 Å².